The maximum Gasteiger partial charge on any atom is 0.101 e. The van der Waals surface area contributed by atoms with E-state index in [1.807, 2.05) is 36.4 Å². The summed E-state index contributed by atoms with van der Waals surface area (Å²) in [6.07, 6.45) is 0.404. The van der Waals surface area contributed by atoms with Gasteiger partial charge in [-0.3, -0.25) is 0 Å². The lowest BCUT2D eigenvalue weighted by Crippen LogP contribution is -1.94. The molecule has 0 aromatic heterocycles. The third kappa shape index (κ3) is 3.02. The van der Waals surface area contributed by atoms with Gasteiger partial charge in [0, 0.05) is 17.1 Å². The summed E-state index contributed by atoms with van der Waals surface area (Å²) in [5.74, 6) is 0. The topological polar surface area (TPSA) is 85.6 Å². The van der Waals surface area contributed by atoms with Crippen LogP contribution >= 0.6 is 0 Å². The quantitative estimate of drug-likeness (QED) is 0.818. The summed E-state index contributed by atoms with van der Waals surface area (Å²) in [6.45, 7) is 0. The molecule has 0 spiro atoms. The Bertz CT molecular complexity index is 660. The summed E-state index contributed by atoms with van der Waals surface area (Å²) in [5, 5.41) is 20.7. The lowest BCUT2D eigenvalue weighted by molar-refractivity contribution is 1.26. The fourth-order valence-corrected chi connectivity index (χ4v) is 1.69. The molecule has 4 heteroatoms. The first kappa shape index (κ1) is 12.5. The average Bonchev–Trinajstić information content (AvgIpc) is 2.43. The molecule has 0 saturated carbocycles. The van der Waals surface area contributed by atoms with Gasteiger partial charge in [0.25, 0.3) is 0 Å². The summed E-state index contributed by atoms with van der Waals surface area (Å²) in [5.41, 5.74) is 9.26. The highest BCUT2D eigenvalue weighted by molar-refractivity contribution is 5.67. The maximum atomic E-state index is 8.92. The van der Waals surface area contributed by atoms with Gasteiger partial charge in [-0.05, 0) is 35.9 Å². The molecule has 0 radical (unpaired) electrons. The van der Waals surface area contributed by atoms with Crippen molar-refractivity contribution in [3.8, 4) is 12.1 Å². The first-order valence-corrected chi connectivity index (χ1v) is 5.75. The molecule has 0 unspecified atom stereocenters. The number of hydrogen-bond acceptors (Lipinski definition) is 4. The monoisotopic (exact) mass is 248 g/mol. The predicted octanol–water partition coefficient (Wildman–Crippen LogP) is 2.95. The van der Waals surface area contributed by atoms with Gasteiger partial charge in [0.05, 0.1) is 18.1 Å². The zero-order chi connectivity index (χ0) is 13.7. The number of anilines is 3. The Morgan fingerprint density at radius 1 is 1.00 bits per heavy atom. The van der Waals surface area contributed by atoms with Crippen molar-refractivity contribution in [1.29, 1.82) is 10.5 Å². The van der Waals surface area contributed by atoms with E-state index in [2.05, 4.69) is 11.4 Å². The summed E-state index contributed by atoms with van der Waals surface area (Å²) < 4.78 is 0. The first-order valence-electron chi connectivity index (χ1n) is 5.75. The van der Waals surface area contributed by atoms with Gasteiger partial charge in [-0.25, -0.2) is 0 Å². The first-order chi connectivity index (χ1) is 9.22. The molecule has 0 aliphatic heterocycles. The van der Waals surface area contributed by atoms with E-state index in [-0.39, 0.29) is 0 Å². The molecule has 0 aliphatic rings. The van der Waals surface area contributed by atoms with Crippen molar-refractivity contribution in [1.82, 2.24) is 0 Å². The molecule has 19 heavy (non-hydrogen) atoms. The van der Waals surface area contributed by atoms with Crippen LogP contribution in [-0.2, 0) is 6.42 Å². The molecule has 2 rings (SSSR count). The molecule has 2 aromatic rings. The van der Waals surface area contributed by atoms with Crippen molar-refractivity contribution in [3.05, 3.63) is 53.6 Å². The van der Waals surface area contributed by atoms with Crippen LogP contribution in [0.25, 0.3) is 0 Å². The number of benzene rings is 2. The van der Waals surface area contributed by atoms with Crippen molar-refractivity contribution in [3.63, 3.8) is 0 Å². The lowest BCUT2D eigenvalue weighted by atomic mass is 10.1. The summed E-state index contributed by atoms with van der Waals surface area (Å²) >= 11 is 0. The lowest BCUT2D eigenvalue weighted by Gasteiger charge is -2.08. The van der Waals surface area contributed by atoms with Crippen LogP contribution in [0.3, 0.4) is 0 Å². The van der Waals surface area contributed by atoms with Gasteiger partial charge in [0.15, 0.2) is 0 Å². The predicted molar refractivity (Wildman–Crippen MR) is 74.6 cm³/mol. The van der Waals surface area contributed by atoms with E-state index in [1.54, 1.807) is 12.1 Å². The van der Waals surface area contributed by atoms with E-state index in [0.29, 0.717) is 17.7 Å². The van der Waals surface area contributed by atoms with E-state index in [0.717, 1.165) is 16.9 Å². The molecule has 0 atom stereocenters. The van der Waals surface area contributed by atoms with Gasteiger partial charge < -0.3 is 11.1 Å². The van der Waals surface area contributed by atoms with Gasteiger partial charge in [-0.2, -0.15) is 10.5 Å². The average molecular weight is 248 g/mol. The van der Waals surface area contributed by atoms with Crippen molar-refractivity contribution in [2.45, 2.75) is 6.42 Å². The number of nitriles is 2. The smallest absolute Gasteiger partial charge is 0.101 e. The van der Waals surface area contributed by atoms with Crippen LogP contribution in [0.1, 0.15) is 11.1 Å². The van der Waals surface area contributed by atoms with Crippen molar-refractivity contribution in [2.24, 2.45) is 0 Å². The Morgan fingerprint density at radius 3 is 2.32 bits per heavy atom. The van der Waals surface area contributed by atoms with Crippen LogP contribution < -0.4 is 11.1 Å². The Labute approximate surface area is 111 Å². The van der Waals surface area contributed by atoms with Gasteiger partial charge >= 0.3 is 0 Å². The highest BCUT2D eigenvalue weighted by atomic mass is 14.9. The second-order valence-corrected chi connectivity index (χ2v) is 4.07. The third-order valence-corrected chi connectivity index (χ3v) is 2.70. The third-order valence-electron chi connectivity index (χ3n) is 2.70. The number of nitrogen functional groups attached to an aromatic ring is 1. The zero-order valence-corrected chi connectivity index (χ0v) is 10.2. The van der Waals surface area contributed by atoms with Crippen molar-refractivity contribution >= 4 is 17.1 Å². The highest BCUT2D eigenvalue weighted by Crippen LogP contribution is 2.21. The van der Waals surface area contributed by atoms with Gasteiger partial charge in [-0.1, -0.05) is 12.1 Å². The summed E-state index contributed by atoms with van der Waals surface area (Å²) in [6, 6.07) is 17.0. The molecular weight excluding hydrogens is 236 g/mol. The Balaban J connectivity index is 2.17. The van der Waals surface area contributed by atoms with Crippen LogP contribution in [0, 0.1) is 22.7 Å². The highest BCUT2D eigenvalue weighted by Gasteiger charge is 2.01. The fraction of sp³-hybridized carbons (Fsp3) is 0.0667. The van der Waals surface area contributed by atoms with E-state index in [1.165, 1.54) is 0 Å². The number of hydrogen-bond donors (Lipinski definition) is 2. The Morgan fingerprint density at radius 2 is 1.68 bits per heavy atom. The second-order valence-electron chi connectivity index (χ2n) is 4.07. The minimum absolute atomic E-state index is 0.404. The fourth-order valence-electron chi connectivity index (χ4n) is 1.69. The van der Waals surface area contributed by atoms with Crippen LogP contribution in [0.2, 0.25) is 0 Å². The van der Waals surface area contributed by atoms with Crippen molar-refractivity contribution in [2.75, 3.05) is 11.1 Å². The molecular formula is C15H12N4. The zero-order valence-electron chi connectivity index (χ0n) is 10.2. The molecule has 0 saturated heterocycles. The van der Waals surface area contributed by atoms with Gasteiger partial charge in [0.2, 0.25) is 0 Å². The number of rotatable bonds is 3. The summed E-state index contributed by atoms with van der Waals surface area (Å²) in [4.78, 5) is 0. The molecule has 2 aromatic carbocycles. The molecule has 92 valence electrons. The van der Waals surface area contributed by atoms with Crippen LogP contribution in [0.5, 0.6) is 0 Å². The Kier molecular flexibility index (Phi) is 3.66. The van der Waals surface area contributed by atoms with E-state index >= 15 is 0 Å². The molecule has 3 N–H and O–H groups in total. The second kappa shape index (κ2) is 5.57. The molecule has 0 bridgehead atoms. The van der Waals surface area contributed by atoms with E-state index < -0.39 is 0 Å². The molecule has 0 amide bonds. The standard InChI is InChI=1S/C15H12N4/c16-8-7-11-1-3-13(4-2-11)19-14-5-6-15(18)12(9-14)10-17/h1-6,9,19H,7,18H2. The molecule has 0 heterocycles. The van der Waals surface area contributed by atoms with Gasteiger partial charge in [0.1, 0.15) is 6.07 Å². The summed E-state index contributed by atoms with van der Waals surface area (Å²) in [7, 11) is 0. The van der Waals surface area contributed by atoms with Crippen LogP contribution in [-0.4, -0.2) is 0 Å². The Hall–Kier alpha value is -2.98. The van der Waals surface area contributed by atoms with E-state index in [4.69, 9.17) is 16.3 Å². The van der Waals surface area contributed by atoms with Gasteiger partial charge in [-0.15, -0.1) is 0 Å². The molecule has 0 fully saturated rings. The number of nitrogens with two attached hydrogens (primary N) is 1. The number of nitrogens with one attached hydrogen (secondary N) is 1. The van der Waals surface area contributed by atoms with Crippen LogP contribution in [0.15, 0.2) is 42.5 Å². The normalized spacial score (nSPS) is 9.37. The minimum Gasteiger partial charge on any atom is -0.398 e. The number of nitrogens with zero attached hydrogens (tertiary/aromatic N) is 2. The largest absolute Gasteiger partial charge is 0.398 e. The van der Waals surface area contributed by atoms with Crippen LogP contribution in [0.4, 0.5) is 17.1 Å². The molecule has 0 aliphatic carbocycles. The minimum atomic E-state index is 0.404. The van der Waals surface area contributed by atoms with Crippen molar-refractivity contribution < 1.29 is 0 Å². The van der Waals surface area contributed by atoms with E-state index in [9.17, 15) is 0 Å². The molecule has 4 nitrogen and oxygen atoms in total. The maximum absolute atomic E-state index is 8.92. The SMILES string of the molecule is N#CCc1ccc(Nc2ccc(N)c(C#N)c2)cc1.